The summed E-state index contributed by atoms with van der Waals surface area (Å²) < 4.78 is 13.6. The van der Waals surface area contributed by atoms with E-state index in [4.69, 9.17) is 4.98 Å². The van der Waals surface area contributed by atoms with Crippen LogP contribution in [0.4, 0.5) is 4.39 Å². The van der Waals surface area contributed by atoms with Crippen molar-refractivity contribution in [1.29, 1.82) is 0 Å². The number of aromatic nitrogens is 1. The minimum Gasteiger partial charge on any atom is -0.314 e. The van der Waals surface area contributed by atoms with E-state index in [9.17, 15) is 4.39 Å². The number of hydrogen-bond donors (Lipinski definition) is 1. The first-order chi connectivity index (χ1) is 10.9. The zero-order valence-electron chi connectivity index (χ0n) is 14.0. The molecule has 1 aromatic heterocycles. The van der Waals surface area contributed by atoms with E-state index in [1.54, 1.807) is 23.5 Å². The van der Waals surface area contributed by atoms with Crippen LogP contribution in [0.1, 0.15) is 43.1 Å². The predicted octanol–water partition coefficient (Wildman–Crippen LogP) is 3.73. The number of nitrogens with zero attached hydrogens (tertiary/aromatic N) is 2. The van der Waals surface area contributed by atoms with E-state index in [0.29, 0.717) is 0 Å². The molecule has 2 heterocycles. The third-order valence-electron chi connectivity index (χ3n) is 4.15. The summed E-state index contributed by atoms with van der Waals surface area (Å²) >= 11 is 1.73. The summed E-state index contributed by atoms with van der Waals surface area (Å²) in [6.45, 7) is 10.1. The molecule has 1 aromatic carbocycles. The highest BCUT2D eigenvalue weighted by Crippen LogP contribution is 2.28. The van der Waals surface area contributed by atoms with Gasteiger partial charge in [-0.2, -0.15) is 0 Å². The lowest BCUT2D eigenvalue weighted by atomic mass is 9.98. The molecule has 1 saturated heterocycles. The quantitative estimate of drug-likeness (QED) is 0.928. The fraction of sp³-hybridized carbons (Fsp3) is 0.500. The molecule has 0 saturated carbocycles. The van der Waals surface area contributed by atoms with Crippen molar-refractivity contribution in [2.75, 3.05) is 19.6 Å². The van der Waals surface area contributed by atoms with Gasteiger partial charge in [-0.15, -0.1) is 11.3 Å². The third kappa shape index (κ3) is 3.97. The normalized spacial score (nSPS) is 19.9. The van der Waals surface area contributed by atoms with Crippen LogP contribution in [0, 0.1) is 5.82 Å². The molecule has 0 radical (unpaired) electrons. The van der Waals surface area contributed by atoms with Gasteiger partial charge >= 0.3 is 0 Å². The Morgan fingerprint density at radius 3 is 2.91 bits per heavy atom. The van der Waals surface area contributed by atoms with E-state index in [0.717, 1.165) is 37.4 Å². The maximum Gasteiger partial charge on any atom is 0.123 e. The number of rotatable bonds is 3. The highest BCUT2D eigenvalue weighted by Gasteiger charge is 2.25. The molecular weight excluding hydrogens is 309 g/mol. The molecule has 0 aliphatic carbocycles. The van der Waals surface area contributed by atoms with E-state index in [1.165, 1.54) is 11.1 Å². The van der Waals surface area contributed by atoms with Crippen LogP contribution < -0.4 is 5.32 Å². The van der Waals surface area contributed by atoms with Gasteiger partial charge in [0.25, 0.3) is 0 Å². The summed E-state index contributed by atoms with van der Waals surface area (Å²) in [5.74, 6) is -0.170. The van der Waals surface area contributed by atoms with Crippen molar-refractivity contribution in [3.63, 3.8) is 0 Å². The average molecular weight is 333 g/mol. The Bertz CT molecular complexity index is 662. The first-order valence-corrected chi connectivity index (χ1v) is 8.96. The number of halogens is 1. The van der Waals surface area contributed by atoms with Gasteiger partial charge in [0.15, 0.2) is 0 Å². The fourth-order valence-electron chi connectivity index (χ4n) is 2.91. The molecule has 1 aliphatic rings. The molecule has 1 atom stereocenters. The molecule has 1 aliphatic heterocycles. The summed E-state index contributed by atoms with van der Waals surface area (Å²) in [6, 6.07) is 7.14. The van der Waals surface area contributed by atoms with Crippen LogP contribution in [0.3, 0.4) is 0 Å². The Hall–Kier alpha value is -1.30. The minimum atomic E-state index is -0.170. The number of thiazole rings is 1. The van der Waals surface area contributed by atoms with Crippen molar-refractivity contribution in [2.45, 2.75) is 38.8 Å². The molecular formula is C18H24FN3S. The molecule has 3 rings (SSSR count). The van der Waals surface area contributed by atoms with E-state index in [2.05, 4.69) is 36.4 Å². The molecule has 124 valence electrons. The van der Waals surface area contributed by atoms with Gasteiger partial charge in [-0.05, 0) is 17.7 Å². The van der Waals surface area contributed by atoms with Crippen molar-refractivity contribution in [2.24, 2.45) is 0 Å². The van der Waals surface area contributed by atoms with Crippen molar-refractivity contribution < 1.29 is 4.39 Å². The van der Waals surface area contributed by atoms with Crippen LogP contribution in [0.25, 0.3) is 0 Å². The Morgan fingerprint density at radius 2 is 2.22 bits per heavy atom. The first-order valence-electron chi connectivity index (χ1n) is 8.08. The monoisotopic (exact) mass is 333 g/mol. The first kappa shape index (κ1) is 16.6. The number of nitrogens with one attached hydrogen (secondary N) is 1. The molecule has 1 fully saturated rings. The lowest BCUT2D eigenvalue weighted by molar-refractivity contribution is 0.152. The maximum absolute atomic E-state index is 13.6. The van der Waals surface area contributed by atoms with E-state index in [1.807, 2.05) is 6.07 Å². The standard InChI is InChI=1S/C18H24FN3S/c1-18(2,3)17-21-15(12-23-17)11-22-8-7-20-10-16(22)13-5-4-6-14(19)9-13/h4-6,9,12,16,20H,7-8,10-11H2,1-3H3. The van der Waals surface area contributed by atoms with Crippen LogP contribution in [-0.4, -0.2) is 29.5 Å². The highest BCUT2D eigenvalue weighted by atomic mass is 32.1. The van der Waals surface area contributed by atoms with Gasteiger partial charge < -0.3 is 5.32 Å². The van der Waals surface area contributed by atoms with E-state index in [-0.39, 0.29) is 17.3 Å². The Kier molecular flexibility index (Phi) is 4.80. The summed E-state index contributed by atoms with van der Waals surface area (Å²) in [5.41, 5.74) is 2.24. The zero-order chi connectivity index (χ0) is 16.4. The van der Waals surface area contributed by atoms with Gasteiger partial charge in [-0.3, -0.25) is 4.90 Å². The van der Waals surface area contributed by atoms with Gasteiger partial charge in [0.05, 0.1) is 10.7 Å². The van der Waals surface area contributed by atoms with Crippen LogP contribution in [0.2, 0.25) is 0 Å². The molecule has 1 unspecified atom stereocenters. The fourth-order valence-corrected chi connectivity index (χ4v) is 3.81. The van der Waals surface area contributed by atoms with Crippen molar-refractivity contribution >= 4 is 11.3 Å². The molecule has 3 nitrogen and oxygen atoms in total. The Labute approximate surface area is 141 Å². The Morgan fingerprint density at radius 1 is 1.39 bits per heavy atom. The van der Waals surface area contributed by atoms with Gasteiger partial charge in [0, 0.05) is 43.0 Å². The molecule has 5 heteroatoms. The SMILES string of the molecule is CC(C)(C)c1nc(CN2CCNCC2c2cccc(F)c2)cs1. The smallest absolute Gasteiger partial charge is 0.123 e. The molecule has 0 bridgehead atoms. The second-order valence-corrected chi connectivity index (χ2v) is 8.00. The lowest BCUT2D eigenvalue weighted by Gasteiger charge is -2.36. The topological polar surface area (TPSA) is 28.2 Å². The minimum absolute atomic E-state index is 0.0916. The van der Waals surface area contributed by atoms with Crippen molar-refractivity contribution in [1.82, 2.24) is 15.2 Å². The molecule has 2 aromatic rings. The van der Waals surface area contributed by atoms with E-state index >= 15 is 0 Å². The summed E-state index contributed by atoms with van der Waals surface area (Å²) in [6.07, 6.45) is 0. The van der Waals surface area contributed by atoms with Crippen molar-refractivity contribution in [3.8, 4) is 0 Å². The molecule has 1 N–H and O–H groups in total. The Balaban J connectivity index is 1.78. The van der Waals surface area contributed by atoms with Crippen LogP contribution in [0.15, 0.2) is 29.6 Å². The summed E-state index contributed by atoms with van der Waals surface area (Å²) in [4.78, 5) is 7.20. The summed E-state index contributed by atoms with van der Waals surface area (Å²) in [7, 11) is 0. The van der Waals surface area contributed by atoms with Crippen LogP contribution in [-0.2, 0) is 12.0 Å². The molecule has 0 spiro atoms. The number of piperazine rings is 1. The van der Waals surface area contributed by atoms with Gasteiger partial charge in [0.1, 0.15) is 5.82 Å². The number of benzene rings is 1. The van der Waals surface area contributed by atoms with E-state index < -0.39 is 0 Å². The lowest BCUT2D eigenvalue weighted by Crippen LogP contribution is -2.45. The van der Waals surface area contributed by atoms with Gasteiger partial charge in [0.2, 0.25) is 0 Å². The second-order valence-electron chi connectivity index (χ2n) is 7.14. The van der Waals surface area contributed by atoms with Crippen molar-refractivity contribution in [3.05, 3.63) is 51.7 Å². The second kappa shape index (κ2) is 6.67. The van der Waals surface area contributed by atoms with Crippen LogP contribution >= 0.6 is 11.3 Å². The van der Waals surface area contributed by atoms with Crippen LogP contribution in [0.5, 0.6) is 0 Å². The summed E-state index contributed by atoms with van der Waals surface area (Å²) in [5, 5.41) is 6.75. The largest absolute Gasteiger partial charge is 0.314 e. The highest BCUT2D eigenvalue weighted by molar-refractivity contribution is 7.09. The average Bonchev–Trinajstić information content (AvgIpc) is 2.96. The maximum atomic E-state index is 13.6. The molecule has 0 amide bonds. The van der Waals surface area contributed by atoms with Gasteiger partial charge in [-0.1, -0.05) is 32.9 Å². The third-order valence-corrected chi connectivity index (χ3v) is 5.46. The predicted molar refractivity (Wildman–Crippen MR) is 93.2 cm³/mol. The zero-order valence-corrected chi connectivity index (χ0v) is 14.8. The van der Waals surface area contributed by atoms with Gasteiger partial charge in [-0.25, -0.2) is 9.37 Å². The molecule has 23 heavy (non-hydrogen) atoms. The number of hydrogen-bond acceptors (Lipinski definition) is 4.